The van der Waals surface area contributed by atoms with Crippen LogP contribution in [0.3, 0.4) is 0 Å². The third-order valence-electron chi connectivity index (χ3n) is 10.6. The summed E-state index contributed by atoms with van der Waals surface area (Å²) >= 11 is 46.6. The van der Waals surface area contributed by atoms with Crippen LogP contribution in [0.2, 0.25) is 40.2 Å². The van der Waals surface area contributed by atoms with Gasteiger partial charge in [-0.15, -0.1) is 17.3 Å². The molecular weight excluding hydrogens is 1140 g/mol. The number of hydrogen-bond donors (Lipinski definition) is 5. The number of nitrogens with two attached hydrogens (primary N) is 1. The summed E-state index contributed by atoms with van der Waals surface area (Å²) in [6.07, 6.45) is 3.61. The van der Waals surface area contributed by atoms with Crippen LogP contribution in [0, 0.1) is 18.3 Å². The van der Waals surface area contributed by atoms with E-state index in [9.17, 15) is 24.7 Å². The molecule has 4 aliphatic carbocycles. The molecule has 8 rings (SSSR count). The van der Waals surface area contributed by atoms with E-state index in [0.29, 0.717) is 95.2 Å². The van der Waals surface area contributed by atoms with Gasteiger partial charge in [-0.1, -0.05) is 117 Å². The molecule has 67 heavy (non-hydrogen) atoms. The Labute approximate surface area is 462 Å². The second-order valence-corrected chi connectivity index (χ2v) is 18.8. The first-order valence-corrected chi connectivity index (χ1v) is 22.1. The van der Waals surface area contributed by atoms with Gasteiger partial charge in [-0.3, -0.25) is 9.59 Å². The van der Waals surface area contributed by atoms with Crippen LogP contribution >= 0.6 is 105 Å². The van der Waals surface area contributed by atoms with Crippen LogP contribution in [-0.2, 0) is 41.7 Å². The van der Waals surface area contributed by atoms with E-state index in [4.69, 9.17) is 109 Å². The maximum Gasteiger partial charge on any atom is 2.00 e. The van der Waals surface area contributed by atoms with Crippen molar-refractivity contribution in [1.82, 2.24) is 0 Å². The molecular formula is C44H46BrCl9MgN4O8. The summed E-state index contributed by atoms with van der Waals surface area (Å²) in [5.41, 5.74) is 10.2. The first kappa shape index (κ1) is 65.3. The second kappa shape index (κ2) is 28.4. The van der Waals surface area contributed by atoms with Crippen molar-refractivity contribution in [2.75, 3.05) is 6.61 Å². The van der Waals surface area contributed by atoms with Crippen LogP contribution in [-0.4, -0.2) is 79.3 Å². The number of carbonyl (C=O) groups is 2. The Morgan fingerprint density at radius 2 is 1.16 bits per heavy atom. The third-order valence-corrected chi connectivity index (χ3v) is 13.5. The minimum absolute atomic E-state index is 0. The van der Waals surface area contributed by atoms with Gasteiger partial charge in [0, 0.05) is 36.4 Å². The summed E-state index contributed by atoms with van der Waals surface area (Å²) in [6, 6.07) is 13.1. The molecule has 0 fully saturated rings. The van der Waals surface area contributed by atoms with Crippen molar-refractivity contribution in [3.05, 3.63) is 146 Å². The van der Waals surface area contributed by atoms with E-state index in [1.54, 1.807) is 56.3 Å². The van der Waals surface area contributed by atoms with Gasteiger partial charge < -0.3 is 55.6 Å². The Balaban J connectivity index is 0.000000811. The number of ketones is 2. The summed E-state index contributed by atoms with van der Waals surface area (Å²) < 4.78 is 0. The molecule has 0 aromatic heterocycles. The molecule has 4 aromatic carbocycles. The molecule has 362 valence electrons. The molecule has 3 unspecified atom stereocenters. The third kappa shape index (κ3) is 16.2. The van der Waals surface area contributed by atoms with Gasteiger partial charge in [0.1, 0.15) is 23.5 Å². The second-order valence-electron chi connectivity index (χ2n) is 15.5. The minimum Gasteiger partial charge on any atom is -1.00 e. The fourth-order valence-electron chi connectivity index (χ4n) is 6.90. The van der Waals surface area contributed by atoms with E-state index in [1.165, 1.54) is 6.07 Å². The van der Waals surface area contributed by atoms with Gasteiger partial charge >= 0.3 is 23.1 Å². The zero-order valence-corrected chi connectivity index (χ0v) is 46.4. The van der Waals surface area contributed by atoms with Gasteiger partial charge in [-0.2, -0.15) is 0 Å². The van der Waals surface area contributed by atoms with Gasteiger partial charge in [-0.25, -0.2) is 0 Å². The van der Waals surface area contributed by atoms with Crippen LogP contribution in [0.5, 0.6) is 0 Å². The van der Waals surface area contributed by atoms with E-state index in [0.717, 1.165) is 46.2 Å². The molecule has 0 saturated heterocycles. The number of Topliss-reactive ketones (excluding diaryl/α,β-unsaturated/α-hetero) is 2. The zero-order valence-electron chi connectivity index (χ0n) is 36.6. The number of aliphatic hydroxyl groups is 2. The molecule has 0 saturated carbocycles. The Kier molecular flexibility index (Phi) is 27.6. The minimum atomic E-state index is -1.27. The molecule has 23 heteroatoms. The van der Waals surface area contributed by atoms with E-state index < -0.39 is 11.2 Å². The molecule has 6 N–H and O–H groups in total. The van der Waals surface area contributed by atoms with Crippen LogP contribution in [0.25, 0.3) is 0 Å². The number of benzene rings is 4. The predicted molar refractivity (Wildman–Crippen MR) is 270 cm³/mol. The number of nitrogens with zero attached hydrogens (tertiary/aromatic N) is 3. The van der Waals surface area contributed by atoms with Crippen molar-refractivity contribution >= 4 is 151 Å². The topological polar surface area (TPSA) is 204 Å². The Hall–Kier alpha value is -1.70. The summed E-state index contributed by atoms with van der Waals surface area (Å²) in [4.78, 5) is 36.3. The fourth-order valence-corrected chi connectivity index (χ4v) is 8.30. The van der Waals surface area contributed by atoms with E-state index in [2.05, 4.69) is 34.3 Å². The number of rotatable bonds is 4. The Bertz CT molecular complexity index is 2480. The van der Waals surface area contributed by atoms with Crippen molar-refractivity contribution in [2.24, 2.45) is 27.3 Å². The van der Waals surface area contributed by atoms with Gasteiger partial charge in [-0.05, 0) is 121 Å². The largest absolute Gasteiger partial charge is 2.00 e. The molecule has 0 bridgehead atoms. The molecule has 0 radical (unpaired) electrons. The molecule has 12 nitrogen and oxygen atoms in total. The van der Waals surface area contributed by atoms with Crippen molar-refractivity contribution in [1.29, 1.82) is 0 Å². The van der Waals surface area contributed by atoms with Crippen molar-refractivity contribution in [3.63, 3.8) is 0 Å². The average molecular weight is 1180 g/mol. The van der Waals surface area contributed by atoms with Crippen LogP contribution in [0.1, 0.15) is 94.6 Å². The maximum atomic E-state index is 11.5. The van der Waals surface area contributed by atoms with Crippen molar-refractivity contribution in [3.8, 4) is 0 Å². The molecule has 4 aromatic rings. The maximum absolute atomic E-state index is 11.5. The quantitative estimate of drug-likeness (QED) is 0.0329. The van der Waals surface area contributed by atoms with Gasteiger partial charge in [0.2, 0.25) is 5.78 Å². The average Bonchev–Trinajstić information content (AvgIpc) is 3.87. The monoisotopic (exact) mass is 1180 g/mol. The van der Waals surface area contributed by atoms with E-state index in [1.807, 2.05) is 0 Å². The number of halogens is 10. The Morgan fingerprint density at radius 3 is 1.67 bits per heavy atom. The summed E-state index contributed by atoms with van der Waals surface area (Å²) in [7, 11) is 0. The van der Waals surface area contributed by atoms with Gasteiger partial charge in [0.05, 0.1) is 45.9 Å². The SMILES string of the molecule is CC(C)CCON=O.CC1(O)/C(=N\O)Cc2cc(Cl)c(Cl)cc21.CC1(O)c2cc(Cl)c(Cl)cc2CC1N.Cl.O=C1/C(=N\O)Cc2cc(Cl)c(Cl)cc21.O=C1CCc2cc(Cl)c(Cl)cc21.[Br-].[CH3-].[Mg+2]. The number of hydrogen-bond acceptors (Lipinski definition) is 12. The number of fused-ring (bicyclic) bond motifs is 4. The molecule has 4 aliphatic rings. The molecule has 0 spiro atoms. The predicted octanol–water partition coefficient (Wildman–Crippen LogP) is 9.58. The van der Waals surface area contributed by atoms with Crippen LogP contribution < -0.4 is 22.7 Å². The first-order valence-electron chi connectivity index (χ1n) is 19.1. The fraction of sp³-hybridized carbons (Fsp3) is 0.341. The van der Waals surface area contributed by atoms with Crippen LogP contribution in [0.15, 0.2) is 64.2 Å². The molecule has 3 atom stereocenters. The van der Waals surface area contributed by atoms with Crippen LogP contribution in [0.4, 0.5) is 0 Å². The standard InChI is InChI=1S/C10H9Cl2NO2.C10H11Cl2NO.C9H5Cl2NO2.C9H6Cl2O.C5H11NO2.CH3.BrH.ClH.Mg/c1-10(14)6-4-8(12)7(11)2-5(6)3-9(10)13-15;1-10(14)6-4-8(12)7(11)2-5(6)3-9(10)13;10-6-1-4-2-8(12-14)9(13)5(4)3-7(6)11;10-7-3-5-1-2-9(12)6(5)4-8(7)11;1-5(2)3-4-8-6-7;;;;/h2,4,14-15H,3H2,1H3;2,4,9,14H,3,13H2,1H3;1,3,14H,2H2;3-4H,1-2H2;5H,3-4H2,1-2H3;1H3;2*1H;/q;;;;;-1;;;+2/p-1/b13-9-;;12-8-;;;;;;. The molecule has 0 heterocycles. The van der Waals surface area contributed by atoms with Crippen molar-refractivity contribution < 1.29 is 52.0 Å². The first-order chi connectivity index (χ1) is 29.5. The summed E-state index contributed by atoms with van der Waals surface area (Å²) in [5.74, 6) is 0.460. The normalized spacial score (nSPS) is 19.9. The number of carbonyl (C=O) groups excluding carboxylic acids is 2. The van der Waals surface area contributed by atoms with E-state index >= 15 is 0 Å². The van der Waals surface area contributed by atoms with Gasteiger partial charge in [0.15, 0.2) is 11.1 Å². The van der Waals surface area contributed by atoms with Crippen molar-refractivity contribution in [2.45, 2.75) is 83.5 Å². The number of oxime groups is 2. The molecule has 0 amide bonds. The smallest absolute Gasteiger partial charge is 1.00 e. The Morgan fingerprint density at radius 1 is 0.701 bits per heavy atom. The summed E-state index contributed by atoms with van der Waals surface area (Å²) in [6.45, 7) is 7.84. The summed E-state index contributed by atoms with van der Waals surface area (Å²) in [5, 5.41) is 49.3. The number of aryl methyl sites for hydroxylation is 1. The zero-order chi connectivity index (χ0) is 47.1. The van der Waals surface area contributed by atoms with E-state index in [-0.39, 0.29) is 83.2 Å². The molecule has 0 aliphatic heterocycles. The van der Waals surface area contributed by atoms with Gasteiger partial charge in [0.25, 0.3) is 0 Å².